The molecule has 0 saturated carbocycles. The van der Waals surface area contributed by atoms with Crippen molar-refractivity contribution in [1.82, 2.24) is 9.55 Å². The first kappa shape index (κ1) is 18.8. The number of aromatic amines is 1. The SMILES string of the molecule is Cn1c(O)c(C2=Nc3ccccc3S[C@H](c3ccc(Br)cc3)C2)c(=O)[nH]c1=O. The van der Waals surface area contributed by atoms with Crippen LogP contribution in [-0.4, -0.2) is 20.4 Å². The number of H-pyrrole nitrogens is 1. The van der Waals surface area contributed by atoms with E-state index in [2.05, 4.69) is 25.9 Å². The Morgan fingerprint density at radius 1 is 1.18 bits per heavy atom. The van der Waals surface area contributed by atoms with Gasteiger partial charge in [-0.2, -0.15) is 0 Å². The summed E-state index contributed by atoms with van der Waals surface area (Å²) in [4.78, 5) is 32.2. The van der Waals surface area contributed by atoms with Gasteiger partial charge in [-0.1, -0.05) is 40.2 Å². The van der Waals surface area contributed by atoms with Gasteiger partial charge in [0.05, 0.1) is 11.4 Å². The first-order chi connectivity index (χ1) is 13.4. The van der Waals surface area contributed by atoms with E-state index in [1.54, 1.807) is 11.8 Å². The summed E-state index contributed by atoms with van der Waals surface area (Å²) in [6.07, 6.45) is 0.426. The molecule has 0 radical (unpaired) electrons. The van der Waals surface area contributed by atoms with Crippen LogP contribution >= 0.6 is 27.7 Å². The second-order valence-electron chi connectivity index (χ2n) is 6.41. The van der Waals surface area contributed by atoms with E-state index in [-0.39, 0.29) is 16.7 Å². The lowest BCUT2D eigenvalue weighted by molar-refractivity contribution is 0.416. The predicted molar refractivity (Wildman–Crippen MR) is 114 cm³/mol. The molecule has 0 spiro atoms. The highest BCUT2D eigenvalue weighted by atomic mass is 79.9. The summed E-state index contributed by atoms with van der Waals surface area (Å²) in [5, 5.41) is 10.5. The minimum atomic E-state index is -0.667. The summed E-state index contributed by atoms with van der Waals surface area (Å²) in [5.74, 6) is -0.383. The third-order valence-corrected chi connectivity index (χ3v) is 6.44. The molecule has 0 fully saturated rings. The Labute approximate surface area is 173 Å². The van der Waals surface area contributed by atoms with Crippen LogP contribution in [0.1, 0.15) is 22.8 Å². The minimum absolute atomic E-state index is 0.00784. The number of thioether (sulfide) groups is 1. The number of halogens is 1. The topological polar surface area (TPSA) is 87.4 Å². The van der Waals surface area contributed by atoms with Gasteiger partial charge in [-0.3, -0.25) is 19.3 Å². The molecular weight excluding hydrogens is 442 g/mol. The van der Waals surface area contributed by atoms with Crippen molar-refractivity contribution in [3.63, 3.8) is 0 Å². The standard InChI is InChI=1S/C20H16BrN3O3S/c1-24-19(26)17(18(25)23-20(24)27)14-10-16(11-6-8-12(21)9-7-11)28-15-5-3-2-4-13(15)22-14/h2-9,16,26H,10H2,1H3,(H,23,25,27)/t16-/m0/s1. The van der Waals surface area contributed by atoms with Crippen LogP contribution in [0.4, 0.5) is 5.69 Å². The van der Waals surface area contributed by atoms with E-state index in [1.165, 1.54) is 7.05 Å². The molecule has 0 bridgehead atoms. The first-order valence-corrected chi connectivity index (χ1v) is 10.2. The van der Waals surface area contributed by atoms with Crippen molar-refractivity contribution in [3.8, 4) is 5.88 Å². The van der Waals surface area contributed by atoms with E-state index in [0.717, 1.165) is 25.2 Å². The highest BCUT2D eigenvalue weighted by molar-refractivity contribution is 9.10. The maximum atomic E-state index is 12.5. The number of para-hydroxylation sites is 1. The fourth-order valence-electron chi connectivity index (χ4n) is 3.10. The molecular formula is C20H16BrN3O3S. The minimum Gasteiger partial charge on any atom is -0.494 e. The van der Waals surface area contributed by atoms with Crippen LogP contribution in [0.3, 0.4) is 0 Å². The number of aliphatic imine (C=N–C) groups is 1. The smallest absolute Gasteiger partial charge is 0.330 e. The van der Waals surface area contributed by atoms with Gasteiger partial charge in [0.1, 0.15) is 5.56 Å². The van der Waals surface area contributed by atoms with Gasteiger partial charge >= 0.3 is 5.69 Å². The number of nitrogens with one attached hydrogen (secondary N) is 1. The fraction of sp³-hybridized carbons (Fsp3) is 0.150. The number of nitrogens with zero attached hydrogens (tertiary/aromatic N) is 2. The molecule has 2 N–H and O–H groups in total. The van der Waals surface area contributed by atoms with Gasteiger partial charge < -0.3 is 5.11 Å². The summed E-state index contributed by atoms with van der Waals surface area (Å²) in [5.41, 5.74) is 0.979. The van der Waals surface area contributed by atoms with Gasteiger partial charge in [0.15, 0.2) is 0 Å². The van der Waals surface area contributed by atoms with Crippen LogP contribution in [0.2, 0.25) is 0 Å². The molecule has 2 heterocycles. The predicted octanol–water partition coefficient (Wildman–Crippen LogP) is 3.90. The number of rotatable bonds is 2. The van der Waals surface area contributed by atoms with Crippen molar-refractivity contribution in [3.05, 3.63) is 85.0 Å². The van der Waals surface area contributed by atoms with E-state index in [9.17, 15) is 14.7 Å². The molecule has 0 amide bonds. The highest BCUT2D eigenvalue weighted by Crippen LogP contribution is 2.45. The lowest BCUT2D eigenvalue weighted by Crippen LogP contribution is -2.32. The third kappa shape index (κ3) is 3.45. The van der Waals surface area contributed by atoms with Crippen molar-refractivity contribution in [1.29, 1.82) is 0 Å². The van der Waals surface area contributed by atoms with Crippen molar-refractivity contribution < 1.29 is 5.11 Å². The van der Waals surface area contributed by atoms with Gasteiger partial charge in [0, 0.05) is 28.1 Å². The highest BCUT2D eigenvalue weighted by Gasteiger charge is 2.26. The summed E-state index contributed by atoms with van der Waals surface area (Å²) in [7, 11) is 1.41. The molecule has 3 aromatic rings. The zero-order chi connectivity index (χ0) is 19.8. The first-order valence-electron chi connectivity index (χ1n) is 8.55. The average Bonchev–Trinajstić information content (AvgIpc) is 2.86. The van der Waals surface area contributed by atoms with E-state index in [0.29, 0.717) is 12.1 Å². The van der Waals surface area contributed by atoms with Crippen molar-refractivity contribution in [2.24, 2.45) is 12.0 Å². The van der Waals surface area contributed by atoms with Crippen molar-refractivity contribution in [2.75, 3.05) is 0 Å². The van der Waals surface area contributed by atoms with Crippen molar-refractivity contribution in [2.45, 2.75) is 16.6 Å². The number of benzene rings is 2. The van der Waals surface area contributed by atoms with E-state index in [4.69, 9.17) is 0 Å². The van der Waals surface area contributed by atoms with Gasteiger partial charge in [-0.15, -0.1) is 11.8 Å². The van der Waals surface area contributed by atoms with E-state index in [1.807, 2.05) is 48.5 Å². The molecule has 1 aromatic heterocycles. The van der Waals surface area contributed by atoms with E-state index < -0.39 is 11.2 Å². The summed E-state index contributed by atoms with van der Waals surface area (Å²) >= 11 is 5.11. The largest absolute Gasteiger partial charge is 0.494 e. The summed E-state index contributed by atoms with van der Waals surface area (Å²) in [6, 6.07) is 15.7. The molecule has 28 heavy (non-hydrogen) atoms. The molecule has 2 aromatic carbocycles. The Morgan fingerprint density at radius 2 is 1.89 bits per heavy atom. The number of aromatic hydroxyl groups is 1. The lowest BCUT2D eigenvalue weighted by atomic mass is 10.0. The Morgan fingerprint density at radius 3 is 2.64 bits per heavy atom. The molecule has 8 heteroatoms. The zero-order valence-electron chi connectivity index (χ0n) is 14.8. The number of aromatic nitrogens is 2. The van der Waals surface area contributed by atoms with Crippen LogP contribution in [0.25, 0.3) is 0 Å². The van der Waals surface area contributed by atoms with Crippen molar-refractivity contribution >= 4 is 39.1 Å². The molecule has 4 rings (SSSR count). The Balaban J connectivity index is 1.90. The average molecular weight is 458 g/mol. The molecule has 6 nitrogen and oxygen atoms in total. The monoisotopic (exact) mass is 457 g/mol. The maximum absolute atomic E-state index is 12.5. The van der Waals surface area contributed by atoms with Gasteiger partial charge in [-0.25, -0.2) is 4.79 Å². The number of hydrogen-bond donors (Lipinski definition) is 2. The molecule has 0 aliphatic carbocycles. The van der Waals surface area contributed by atoms with Gasteiger partial charge in [0.2, 0.25) is 5.88 Å². The van der Waals surface area contributed by atoms with Crippen LogP contribution in [0, 0.1) is 0 Å². The second kappa shape index (κ2) is 7.44. The quantitative estimate of drug-likeness (QED) is 0.610. The molecule has 1 aliphatic heterocycles. The number of fused-ring (bicyclic) bond motifs is 1. The van der Waals surface area contributed by atoms with Gasteiger partial charge in [0.25, 0.3) is 5.56 Å². The molecule has 142 valence electrons. The van der Waals surface area contributed by atoms with E-state index >= 15 is 0 Å². The molecule has 1 atom stereocenters. The Bertz CT molecular complexity index is 1200. The Kier molecular flexibility index (Phi) is 4.99. The molecule has 0 saturated heterocycles. The zero-order valence-corrected chi connectivity index (χ0v) is 17.3. The van der Waals surface area contributed by atoms with Crippen LogP contribution < -0.4 is 11.2 Å². The maximum Gasteiger partial charge on any atom is 0.330 e. The second-order valence-corrected chi connectivity index (χ2v) is 8.57. The molecule has 0 unspecified atom stereocenters. The molecule has 1 aliphatic rings. The number of hydrogen-bond acceptors (Lipinski definition) is 5. The van der Waals surface area contributed by atoms with Crippen LogP contribution in [0.15, 0.2) is 72.5 Å². The lowest BCUT2D eigenvalue weighted by Gasteiger charge is -2.16. The summed E-state index contributed by atoms with van der Waals surface area (Å²) < 4.78 is 1.99. The third-order valence-electron chi connectivity index (χ3n) is 4.59. The van der Waals surface area contributed by atoms with Crippen LogP contribution in [0.5, 0.6) is 5.88 Å². The Hall–Kier alpha value is -2.58. The van der Waals surface area contributed by atoms with Crippen LogP contribution in [-0.2, 0) is 7.05 Å². The summed E-state index contributed by atoms with van der Waals surface area (Å²) in [6.45, 7) is 0. The van der Waals surface area contributed by atoms with Gasteiger partial charge in [-0.05, 0) is 29.8 Å². The fourth-order valence-corrected chi connectivity index (χ4v) is 4.60. The normalized spacial score (nSPS) is 16.2.